The van der Waals surface area contributed by atoms with Crippen molar-refractivity contribution < 1.29 is 17.6 Å². The maximum absolute atomic E-state index is 14.6. The van der Waals surface area contributed by atoms with E-state index in [2.05, 4.69) is 28.7 Å². The summed E-state index contributed by atoms with van der Waals surface area (Å²) in [6.45, 7) is 6.42. The summed E-state index contributed by atoms with van der Waals surface area (Å²) in [5.41, 5.74) is 0.199. The first-order valence-electron chi connectivity index (χ1n) is 11.0. The molecule has 2 saturated heterocycles. The SMILES string of the molecule is CC1(C)CN(c2cnc(Cl)cn2)CCC1N1CC[C@H](Cc2ccc(S(C)(=O)=O)cc2F)C1=O. The molecule has 10 heteroatoms. The number of sulfone groups is 1. The van der Waals surface area contributed by atoms with Gasteiger partial charge in [-0.1, -0.05) is 31.5 Å². The number of amides is 1. The molecule has 7 nitrogen and oxygen atoms in total. The molecule has 2 aliphatic rings. The smallest absolute Gasteiger partial charge is 0.226 e. The van der Waals surface area contributed by atoms with E-state index >= 15 is 0 Å². The van der Waals surface area contributed by atoms with E-state index in [4.69, 9.17) is 11.6 Å². The summed E-state index contributed by atoms with van der Waals surface area (Å²) in [5, 5.41) is 0.351. The lowest BCUT2D eigenvalue weighted by Gasteiger charge is -2.48. The van der Waals surface area contributed by atoms with Crippen LogP contribution in [0, 0.1) is 17.2 Å². The van der Waals surface area contributed by atoms with Crippen LogP contribution in [0.1, 0.15) is 32.3 Å². The summed E-state index contributed by atoms with van der Waals surface area (Å²) in [7, 11) is -3.48. The summed E-state index contributed by atoms with van der Waals surface area (Å²) < 4.78 is 37.9. The first kappa shape index (κ1) is 23.9. The summed E-state index contributed by atoms with van der Waals surface area (Å²) in [5.74, 6) is -0.0783. The highest BCUT2D eigenvalue weighted by Crippen LogP contribution is 2.38. The van der Waals surface area contributed by atoms with E-state index in [1.54, 1.807) is 6.20 Å². The zero-order chi connectivity index (χ0) is 24.0. The fourth-order valence-electron chi connectivity index (χ4n) is 5.04. The van der Waals surface area contributed by atoms with Crippen molar-refractivity contribution in [3.8, 4) is 0 Å². The van der Waals surface area contributed by atoms with Crippen LogP contribution in [0.25, 0.3) is 0 Å². The molecule has 1 amide bonds. The summed E-state index contributed by atoms with van der Waals surface area (Å²) in [4.78, 5) is 25.8. The zero-order valence-electron chi connectivity index (χ0n) is 19.0. The number of carbonyl (C=O) groups excluding carboxylic acids is 1. The van der Waals surface area contributed by atoms with Gasteiger partial charge in [-0.3, -0.25) is 4.79 Å². The largest absolute Gasteiger partial charge is 0.355 e. The van der Waals surface area contributed by atoms with Crippen molar-refractivity contribution in [2.75, 3.05) is 30.8 Å². The lowest BCUT2D eigenvalue weighted by atomic mass is 9.78. The number of carbonyl (C=O) groups is 1. The van der Waals surface area contributed by atoms with Crippen molar-refractivity contribution in [3.63, 3.8) is 0 Å². The molecular formula is C23H28ClFN4O3S. The summed E-state index contributed by atoms with van der Waals surface area (Å²) in [6.07, 6.45) is 5.97. The molecule has 4 rings (SSSR count). The minimum absolute atomic E-state index is 0.0411. The normalized spacial score (nSPS) is 23.2. The summed E-state index contributed by atoms with van der Waals surface area (Å²) in [6, 6.07) is 4.00. The van der Waals surface area contributed by atoms with Crippen LogP contribution < -0.4 is 4.90 Å². The van der Waals surface area contributed by atoms with Gasteiger partial charge in [0.05, 0.1) is 17.3 Å². The lowest BCUT2D eigenvalue weighted by Crippen LogP contribution is -2.56. The van der Waals surface area contributed by atoms with Crippen LogP contribution in [-0.2, 0) is 21.1 Å². The third-order valence-corrected chi connectivity index (χ3v) is 8.06. The molecule has 0 saturated carbocycles. The molecule has 0 N–H and O–H groups in total. The third kappa shape index (κ3) is 4.99. The average molecular weight is 495 g/mol. The van der Waals surface area contributed by atoms with E-state index in [1.165, 1.54) is 18.3 Å². The topological polar surface area (TPSA) is 83.5 Å². The molecular weight excluding hydrogens is 467 g/mol. The Balaban J connectivity index is 1.44. The van der Waals surface area contributed by atoms with Gasteiger partial charge in [-0.15, -0.1) is 0 Å². The van der Waals surface area contributed by atoms with E-state index in [0.717, 1.165) is 37.7 Å². The number of benzene rings is 1. The maximum atomic E-state index is 14.6. The fourth-order valence-corrected chi connectivity index (χ4v) is 5.77. The first-order valence-corrected chi connectivity index (χ1v) is 13.2. The Morgan fingerprint density at radius 3 is 2.55 bits per heavy atom. The Bertz CT molecular complexity index is 1160. The van der Waals surface area contributed by atoms with Gasteiger partial charge in [-0.05, 0) is 37.0 Å². The van der Waals surface area contributed by atoms with Crippen molar-refractivity contribution in [3.05, 3.63) is 47.1 Å². The van der Waals surface area contributed by atoms with E-state index in [1.807, 2.05) is 4.90 Å². The molecule has 1 unspecified atom stereocenters. The lowest BCUT2D eigenvalue weighted by molar-refractivity contribution is -0.135. The van der Waals surface area contributed by atoms with E-state index < -0.39 is 15.7 Å². The molecule has 178 valence electrons. The van der Waals surface area contributed by atoms with E-state index in [-0.39, 0.29) is 34.6 Å². The first-order chi connectivity index (χ1) is 15.5. The van der Waals surface area contributed by atoms with Gasteiger partial charge in [-0.25, -0.2) is 22.8 Å². The molecule has 2 aromatic rings. The molecule has 1 aromatic heterocycles. The highest BCUT2D eigenvalue weighted by atomic mass is 35.5. The van der Waals surface area contributed by atoms with Crippen LogP contribution in [0.3, 0.4) is 0 Å². The molecule has 0 radical (unpaired) electrons. The zero-order valence-corrected chi connectivity index (χ0v) is 20.5. The minimum Gasteiger partial charge on any atom is -0.355 e. The second kappa shape index (κ2) is 8.83. The highest BCUT2D eigenvalue weighted by molar-refractivity contribution is 7.90. The number of rotatable bonds is 5. The van der Waals surface area contributed by atoms with Crippen LogP contribution in [-0.4, -0.2) is 61.1 Å². The molecule has 33 heavy (non-hydrogen) atoms. The van der Waals surface area contributed by atoms with Gasteiger partial charge in [0, 0.05) is 43.3 Å². The van der Waals surface area contributed by atoms with Crippen molar-refractivity contribution in [1.29, 1.82) is 0 Å². The second-order valence-electron chi connectivity index (χ2n) is 9.66. The van der Waals surface area contributed by atoms with Crippen molar-refractivity contribution in [1.82, 2.24) is 14.9 Å². The predicted molar refractivity (Wildman–Crippen MR) is 124 cm³/mol. The monoisotopic (exact) mass is 494 g/mol. The van der Waals surface area contributed by atoms with Crippen LogP contribution >= 0.6 is 11.6 Å². The molecule has 0 aliphatic carbocycles. The molecule has 1 aromatic carbocycles. The van der Waals surface area contributed by atoms with Crippen LogP contribution in [0.4, 0.5) is 10.2 Å². The van der Waals surface area contributed by atoms with Gasteiger partial charge in [0.15, 0.2) is 9.84 Å². The number of nitrogens with zero attached hydrogens (tertiary/aromatic N) is 4. The van der Waals surface area contributed by atoms with Gasteiger partial charge in [-0.2, -0.15) is 0 Å². The molecule has 0 spiro atoms. The number of hydrogen-bond acceptors (Lipinski definition) is 6. The van der Waals surface area contributed by atoms with Gasteiger partial charge in [0.1, 0.15) is 16.8 Å². The molecule has 2 fully saturated rings. The van der Waals surface area contributed by atoms with E-state index in [9.17, 15) is 17.6 Å². The van der Waals surface area contributed by atoms with Crippen LogP contribution in [0.5, 0.6) is 0 Å². The molecule has 3 heterocycles. The Morgan fingerprint density at radius 1 is 1.18 bits per heavy atom. The summed E-state index contributed by atoms with van der Waals surface area (Å²) >= 11 is 5.85. The van der Waals surface area contributed by atoms with E-state index in [0.29, 0.717) is 23.7 Å². The Morgan fingerprint density at radius 2 is 1.94 bits per heavy atom. The predicted octanol–water partition coefficient (Wildman–Crippen LogP) is 3.37. The standard InChI is InChI=1S/C23H28ClFN4O3S/c1-23(2)14-28(21-13-26-20(24)12-27-21)8-7-19(23)29-9-6-16(22(29)30)10-15-4-5-17(11-18(15)25)33(3,31)32/h4-5,11-13,16,19H,6-10,14H2,1-3H3/t16-,19?/m1/s1. The molecule has 2 aliphatic heterocycles. The second-order valence-corrected chi connectivity index (χ2v) is 12.1. The van der Waals surface area contributed by atoms with Gasteiger partial charge in [0.2, 0.25) is 5.91 Å². The van der Waals surface area contributed by atoms with Crippen LogP contribution in [0.2, 0.25) is 5.15 Å². The quantitative estimate of drug-likeness (QED) is 0.633. The number of hydrogen-bond donors (Lipinski definition) is 0. The average Bonchev–Trinajstić information content (AvgIpc) is 3.08. The minimum atomic E-state index is -3.48. The van der Waals surface area contributed by atoms with Gasteiger partial charge in [0.25, 0.3) is 0 Å². The Kier molecular flexibility index (Phi) is 6.39. The Labute approximate surface area is 198 Å². The third-order valence-electron chi connectivity index (χ3n) is 6.75. The molecule has 0 bridgehead atoms. The van der Waals surface area contributed by atoms with Gasteiger partial charge < -0.3 is 9.80 Å². The number of anilines is 1. The van der Waals surface area contributed by atoms with Crippen molar-refractivity contribution >= 4 is 33.2 Å². The Hall–Kier alpha value is -2.26. The van der Waals surface area contributed by atoms with Crippen LogP contribution in [0.15, 0.2) is 35.5 Å². The number of piperidine rings is 1. The maximum Gasteiger partial charge on any atom is 0.226 e. The van der Waals surface area contributed by atoms with Gasteiger partial charge >= 0.3 is 0 Å². The number of likely N-dealkylation sites (tertiary alicyclic amines) is 1. The van der Waals surface area contributed by atoms with Crippen molar-refractivity contribution in [2.45, 2.75) is 44.0 Å². The number of halogens is 2. The highest BCUT2D eigenvalue weighted by Gasteiger charge is 2.45. The fraction of sp³-hybridized carbons (Fsp3) is 0.522. The number of aromatic nitrogens is 2. The molecule has 2 atom stereocenters. The van der Waals surface area contributed by atoms with Crippen molar-refractivity contribution in [2.24, 2.45) is 11.3 Å².